The molecule has 2 aromatic rings. The average Bonchev–Trinajstić information content (AvgIpc) is 2.43. The van der Waals surface area contributed by atoms with Crippen molar-refractivity contribution in [1.29, 1.82) is 0 Å². The van der Waals surface area contributed by atoms with Crippen LogP contribution in [0.3, 0.4) is 0 Å². The summed E-state index contributed by atoms with van der Waals surface area (Å²) in [7, 11) is 0. The predicted octanol–water partition coefficient (Wildman–Crippen LogP) is 4.11. The summed E-state index contributed by atoms with van der Waals surface area (Å²) in [6.07, 6.45) is 1.73. The number of benzene rings is 2. The van der Waals surface area contributed by atoms with E-state index in [1.807, 2.05) is 18.4 Å². The Kier molecular flexibility index (Phi) is 4.32. The van der Waals surface area contributed by atoms with Crippen molar-refractivity contribution in [3.63, 3.8) is 0 Å². The van der Waals surface area contributed by atoms with Gasteiger partial charge in [0.05, 0.1) is 0 Å². The Bertz CT molecular complexity index is 611. The molecule has 0 aliphatic rings. The maximum atomic E-state index is 13.5. The van der Waals surface area contributed by atoms with Crippen LogP contribution in [0.2, 0.25) is 0 Å². The van der Waals surface area contributed by atoms with Crippen molar-refractivity contribution in [2.45, 2.75) is 11.3 Å². The van der Waals surface area contributed by atoms with Gasteiger partial charge < -0.3 is 0 Å². The molecule has 0 spiro atoms. The van der Waals surface area contributed by atoms with Crippen LogP contribution in [0.1, 0.15) is 15.9 Å². The van der Waals surface area contributed by atoms with E-state index in [9.17, 15) is 13.6 Å². The molecule has 0 heterocycles. The number of hydrogen-bond acceptors (Lipinski definition) is 2. The maximum absolute atomic E-state index is 13.5. The largest absolute Gasteiger partial charge is 0.294 e. The molecule has 0 amide bonds. The summed E-state index contributed by atoms with van der Waals surface area (Å²) in [4.78, 5) is 13.0. The number of hydrogen-bond donors (Lipinski definition) is 0. The molecule has 0 fully saturated rings. The maximum Gasteiger partial charge on any atom is 0.168 e. The first kappa shape index (κ1) is 13.7. The van der Waals surface area contributed by atoms with Gasteiger partial charge in [-0.1, -0.05) is 30.3 Å². The van der Waals surface area contributed by atoms with Gasteiger partial charge in [-0.3, -0.25) is 4.79 Å². The molecule has 0 saturated heterocycles. The number of Topliss-reactive ketones (excluding diaryl/α,β-unsaturated/α-hetero) is 1. The monoisotopic (exact) mass is 278 g/mol. The zero-order valence-electron chi connectivity index (χ0n) is 10.3. The smallest absolute Gasteiger partial charge is 0.168 e. The lowest BCUT2D eigenvalue weighted by molar-refractivity contribution is 0.0989. The summed E-state index contributed by atoms with van der Waals surface area (Å²) in [5.74, 6) is -2.09. The first-order valence-electron chi connectivity index (χ1n) is 5.72. The van der Waals surface area contributed by atoms with Gasteiger partial charge in [-0.25, -0.2) is 8.78 Å². The molecule has 0 aliphatic carbocycles. The van der Waals surface area contributed by atoms with Crippen molar-refractivity contribution < 1.29 is 13.6 Å². The SMILES string of the molecule is CSc1ccccc1C(=O)Cc1cccc(F)c1F. The van der Waals surface area contributed by atoms with E-state index in [1.165, 1.54) is 23.9 Å². The van der Waals surface area contributed by atoms with Crippen LogP contribution in [0.15, 0.2) is 47.4 Å². The molecule has 0 unspecified atom stereocenters. The van der Waals surface area contributed by atoms with Gasteiger partial charge in [0.2, 0.25) is 0 Å². The second-order valence-corrected chi connectivity index (χ2v) is 4.86. The molecule has 1 nitrogen and oxygen atoms in total. The highest BCUT2D eigenvalue weighted by molar-refractivity contribution is 7.98. The van der Waals surface area contributed by atoms with E-state index in [4.69, 9.17) is 0 Å². The third-order valence-corrected chi connectivity index (χ3v) is 3.59. The molecule has 0 bridgehead atoms. The fraction of sp³-hybridized carbons (Fsp3) is 0.133. The van der Waals surface area contributed by atoms with E-state index >= 15 is 0 Å². The van der Waals surface area contributed by atoms with Crippen LogP contribution in [-0.2, 0) is 6.42 Å². The molecule has 4 heteroatoms. The van der Waals surface area contributed by atoms with Crippen LogP contribution in [0.25, 0.3) is 0 Å². The number of thioether (sulfide) groups is 1. The molecule has 98 valence electrons. The minimum Gasteiger partial charge on any atom is -0.294 e. The van der Waals surface area contributed by atoms with Crippen LogP contribution >= 0.6 is 11.8 Å². The predicted molar refractivity (Wildman–Crippen MR) is 72.6 cm³/mol. The van der Waals surface area contributed by atoms with Gasteiger partial charge in [-0.15, -0.1) is 11.8 Å². The summed E-state index contributed by atoms with van der Waals surface area (Å²) in [6.45, 7) is 0. The highest BCUT2D eigenvalue weighted by Gasteiger charge is 2.15. The quantitative estimate of drug-likeness (QED) is 0.618. The van der Waals surface area contributed by atoms with Crippen LogP contribution in [0, 0.1) is 11.6 Å². The number of ketones is 1. The van der Waals surface area contributed by atoms with Gasteiger partial charge in [0, 0.05) is 16.9 Å². The number of halogens is 2. The first-order valence-corrected chi connectivity index (χ1v) is 6.95. The normalized spacial score (nSPS) is 10.5. The lowest BCUT2D eigenvalue weighted by atomic mass is 10.0. The minimum atomic E-state index is -0.947. The van der Waals surface area contributed by atoms with Gasteiger partial charge in [0.15, 0.2) is 17.4 Å². The third kappa shape index (κ3) is 3.01. The van der Waals surface area contributed by atoms with Crippen molar-refractivity contribution in [1.82, 2.24) is 0 Å². The van der Waals surface area contributed by atoms with Crippen molar-refractivity contribution in [3.05, 3.63) is 65.2 Å². The summed E-state index contributed by atoms with van der Waals surface area (Å²) >= 11 is 1.45. The lowest BCUT2D eigenvalue weighted by Gasteiger charge is -2.07. The molecule has 2 rings (SSSR count). The first-order chi connectivity index (χ1) is 9.13. The Labute approximate surface area is 114 Å². The fourth-order valence-electron chi connectivity index (χ4n) is 1.83. The molecule has 0 aromatic heterocycles. The standard InChI is InChI=1S/C15H12F2OS/c1-19-14-8-3-2-6-11(14)13(18)9-10-5-4-7-12(16)15(10)17/h2-8H,9H2,1H3. The Morgan fingerprint density at radius 3 is 2.58 bits per heavy atom. The van der Waals surface area contributed by atoms with Gasteiger partial charge in [-0.05, 0) is 24.0 Å². The van der Waals surface area contributed by atoms with Crippen LogP contribution in [-0.4, -0.2) is 12.0 Å². The molecule has 0 aliphatic heterocycles. The topological polar surface area (TPSA) is 17.1 Å². The zero-order valence-corrected chi connectivity index (χ0v) is 11.1. The van der Waals surface area contributed by atoms with Crippen molar-refractivity contribution in [3.8, 4) is 0 Å². The van der Waals surface area contributed by atoms with Crippen LogP contribution in [0.5, 0.6) is 0 Å². The van der Waals surface area contributed by atoms with Crippen LogP contribution in [0.4, 0.5) is 8.78 Å². The van der Waals surface area contributed by atoms with Crippen molar-refractivity contribution >= 4 is 17.5 Å². The summed E-state index contributed by atoms with van der Waals surface area (Å²) in [5.41, 5.74) is 0.625. The van der Waals surface area contributed by atoms with Crippen molar-refractivity contribution in [2.75, 3.05) is 6.26 Å². The average molecular weight is 278 g/mol. The molecule has 0 atom stereocenters. The van der Waals surface area contributed by atoms with E-state index in [0.29, 0.717) is 5.56 Å². The lowest BCUT2D eigenvalue weighted by Crippen LogP contribution is -2.07. The fourth-order valence-corrected chi connectivity index (χ4v) is 2.44. The van der Waals surface area contributed by atoms with E-state index in [0.717, 1.165) is 11.0 Å². The van der Waals surface area contributed by atoms with Crippen molar-refractivity contribution in [2.24, 2.45) is 0 Å². The Morgan fingerprint density at radius 2 is 1.84 bits per heavy atom. The Morgan fingerprint density at radius 1 is 1.11 bits per heavy atom. The second kappa shape index (κ2) is 5.97. The van der Waals surface area contributed by atoms with Gasteiger partial charge in [0.25, 0.3) is 0 Å². The van der Waals surface area contributed by atoms with E-state index in [-0.39, 0.29) is 17.8 Å². The number of carbonyl (C=O) groups excluding carboxylic acids is 1. The highest BCUT2D eigenvalue weighted by atomic mass is 32.2. The number of rotatable bonds is 4. The van der Waals surface area contributed by atoms with Gasteiger partial charge in [-0.2, -0.15) is 0 Å². The van der Waals surface area contributed by atoms with Gasteiger partial charge in [0.1, 0.15) is 0 Å². The molecule has 2 aromatic carbocycles. The van der Waals surface area contributed by atoms with Crippen LogP contribution < -0.4 is 0 Å². The minimum absolute atomic E-state index is 0.0842. The molecule has 0 N–H and O–H groups in total. The molecule has 0 saturated carbocycles. The van der Waals surface area contributed by atoms with Gasteiger partial charge >= 0.3 is 0 Å². The Balaban J connectivity index is 2.28. The number of carbonyl (C=O) groups is 1. The van der Waals surface area contributed by atoms with E-state index < -0.39 is 11.6 Å². The third-order valence-electron chi connectivity index (χ3n) is 2.79. The van der Waals surface area contributed by atoms with E-state index in [2.05, 4.69) is 0 Å². The summed E-state index contributed by atoms with van der Waals surface area (Å²) in [5, 5.41) is 0. The Hall–Kier alpha value is -1.68. The molecule has 19 heavy (non-hydrogen) atoms. The summed E-state index contributed by atoms with van der Waals surface area (Å²) < 4.78 is 26.6. The zero-order chi connectivity index (χ0) is 13.8. The van der Waals surface area contributed by atoms with E-state index in [1.54, 1.807) is 12.1 Å². The molecule has 0 radical (unpaired) electrons. The summed E-state index contributed by atoms with van der Waals surface area (Å²) in [6, 6.07) is 11.0. The molecular formula is C15H12F2OS. The second-order valence-electron chi connectivity index (χ2n) is 4.01. The highest BCUT2D eigenvalue weighted by Crippen LogP contribution is 2.22. The molecular weight excluding hydrogens is 266 g/mol.